The van der Waals surface area contributed by atoms with E-state index >= 15 is 0 Å². The maximum absolute atomic E-state index is 6.87. The van der Waals surface area contributed by atoms with Crippen molar-refractivity contribution in [2.24, 2.45) is 0 Å². The van der Waals surface area contributed by atoms with E-state index in [0.717, 1.165) is 76.9 Å². The monoisotopic (exact) mass is 762 g/mol. The largest absolute Gasteiger partial charge is 0.455 e. The average Bonchev–Trinajstić information content (AvgIpc) is 3.91. The Balaban J connectivity index is 1.21. The zero-order chi connectivity index (χ0) is 39.3. The van der Waals surface area contributed by atoms with E-state index < -0.39 is 0 Å². The van der Waals surface area contributed by atoms with Crippen molar-refractivity contribution < 1.29 is 8.83 Å². The Kier molecular flexibility index (Phi) is 7.05. The number of hydrogen-bond acceptors (Lipinski definition) is 2. The Bertz CT molecular complexity index is 3670. The second-order valence-electron chi connectivity index (χ2n) is 15.9. The van der Waals surface area contributed by atoms with Gasteiger partial charge in [-0.2, -0.15) is 0 Å². The van der Waals surface area contributed by atoms with Gasteiger partial charge in [-0.25, -0.2) is 0 Å². The second-order valence-corrected chi connectivity index (χ2v) is 15.9. The van der Waals surface area contributed by atoms with Crippen LogP contribution in [0.4, 0.5) is 0 Å². The fourth-order valence-corrected chi connectivity index (χ4v) is 10.0. The van der Waals surface area contributed by atoms with Gasteiger partial charge in [-0.1, -0.05) is 176 Å². The first-order valence-corrected chi connectivity index (χ1v) is 20.6. The molecule has 0 unspecified atom stereocenters. The fraction of sp³-hybridized carbons (Fsp3) is 0. The third-order valence-corrected chi connectivity index (χ3v) is 12.6. The first kappa shape index (κ1) is 33.1. The predicted octanol–water partition coefficient (Wildman–Crippen LogP) is 16.8. The van der Waals surface area contributed by atoms with Crippen LogP contribution >= 0.6 is 0 Å². The summed E-state index contributed by atoms with van der Waals surface area (Å²) in [5.41, 5.74) is 12.8. The van der Waals surface area contributed by atoms with Crippen molar-refractivity contribution in [2.45, 2.75) is 0 Å². The molecular weight excluding hydrogens is 729 g/mol. The van der Waals surface area contributed by atoms with E-state index in [1.165, 1.54) is 54.6 Å². The van der Waals surface area contributed by atoms with Gasteiger partial charge in [0.05, 0.1) is 0 Å². The lowest BCUT2D eigenvalue weighted by atomic mass is 9.83. The van der Waals surface area contributed by atoms with Gasteiger partial charge in [0.25, 0.3) is 0 Å². The van der Waals surface area contributed by atoms with Crippen molar-refractivity contribution in [3.05, 3.63) is 206 Å². The Morgan fingerprint density at radius 3 is 1.22 bits per heavy atom. The fourth-order valence-electron chi connectivity index (χ4n) is 10.0. The van der Waals surface area contributed by atoms with Gasteiger partial charge >= 0.3 is 0 Å². The van der Waals surface area contributed by atoms with Gasteiger partial charge < -0.3 is 8.83 Å². The highest BCUT2D eigenvalue weighted by Gasteiger charge is 2.23. The highest BCUT2D eigenvalue weighted by molar-refractivity contribution is 6.28. The SMILES string of the molecule is c1ccc(-c2ccccc2-c2c3cccc(-c4cc5ccccc5c5c4oc4ccccc45)c3cc3c(-c4cc5ccccc5c5c4oc4ccccc45)cccc23)cc1. The van der Waals surface area contributed by atoms with Crippen molar-refractivity contribution in [1.82, 2.24) is 0 Å². The van der Waals surface area contributed by atoms with Gasteiger partial charge in [0.15, 0.2) is 0 Å². The normalized spacial score (nSPS) is 12.0. The summed E-state index contributed by atoms with van der Waals surface area (Å²) in [6, 6.07) is 74.5. The van der Waals surface area contributed by atoms with E-state index in [4.69, 9.17) is 8.83 Å². The molecule has 0 N–H and O–H groups in total. The molecule has 0 spiro atoms. The maximum Gasteiger partial charge on any atom is 0.143 e. The summed E-state index contributed by atoms with van der Waals surface area (Å²) in [5.74, 6) is 0. The third-order valence-electron chi connectivity index (χ3n) is 12.6. The van der Waals surface area contributed by atoms with Crippen LogP contribution < -0.4 is 0 Å². The first-order chi connectivity index (χ1) is 29.8. The maximum atomic E-state index is 6.87. The molecule has 13 aromatic rings. The van der Waals surface area contributed by atoms with Gasteiger partial charge in [-0.05, 0) is 107 Å². The van der Waals surface area contributed by atoms with Crippen LogP contribution in [0.15, 0.2) is 215 Å². The number of fused-ring (bicyclic) bond motifs is 12. The molecule has 0 atom stereocenters. The molecule has 60 heavy (non-hydrogen) atoms. The van der Waals surface area contributed by atoms with Crippen LogP contribution in [0.5, 0.6) is 0 Å². The van der Waals surface area contributed by atoms with E-state index in [9.17, 15) is 0 Å². The Morgan fingerprint density at radius 2 is 0.667 bits per heavy atom. The Morgan fingerprint density at radius 1 is 0.250 bits per heavy atom. The molecule has 2 aromatic heterocycles. The van der Waals surface area contributed by atoms with Crippen LogP contribution in [0, 0.1) is 0 Å². The molecule has 0 saturated carbocycles. The molecule has 13 rings (SSSR count). The average molecular weight is 763 g/mol. The van der Waals surface area contributed by atoms with Gasteiger partial charge in [-0.15, -0.1) is 0 Å². The van der Waals surface area contributed by atoms with Crippen molar-refractivity contribution in [2.75, 3.05) is 0 Å². The van der Waals surface area contributed by atoms with Crippen LogP contribution in [0.25, 0.3) is 131 Å². The minimum absolute atomic E-state index is 0.890. The lowest BCUT2D eigenvalue weighted by Gasteiger charge is -2.20. The minimum Gasteiger partial charge on any atom is -0.455 e. The molecule has 0 saturated heterocycles. The van der Waals surface area contributed by atoms with Crippen molar-refractivity contribution in [1.29, 1.82) is 0 Å². The van der Waals surface area contributed by atoms with Crippen LogP contribution in [-0.4, -0.2) is 0 Å². The summed E-state index contributed by atoms with van der Waals surface area (Å²) >= 11 is 0. The molecule has 0 radical (unpaired) electrons. The third kappa shape index (κ3) is 4.76. The summed E-state index contributed by atoms with van der Waals surface area (Å²) in [5, 5.41) is 14.0. The topological polar surface area (TPSA) is 26.3 Å². The van der Waals surface area contributed by atoms with Gasteiger partial charge in [0.2, 0.25) is 0 Å². The number of furan rings is 2. The van der Waals surface area contributed by atoms with E-state index in [1.54, 1.807) is 0 Å². The molecule has 2 heterocycles. The molecule has 0 aliphatic rings. The molecule has 0 fully saturated rings. The van der Waals surface area contributed by atoms with Crippen LogP contribution in [0.1, 0.15) is 0 Å². The highest BCUT2D eigenvalue weighted by Crippen LogP contribution is 2.49. The zero-order valence-corrected chi connectivity index (χ0v) is 32.4. The van der Waals surface area contributed by atoms with Gasteiger partial charge in [-0.3, -0.25) is 0 Å². The van der Waals surface area contributed by atoms with Gasteiger partial charge in [0.1, 0.15) is 22.3 Å². The lowest BCUT2D eigenvalue weighted by Crippen LogP contribution is -1.93. The van der Waals surface area contributed by atoms with E-state index in [-0.39, 0.29) is 0 Å². The standard InChI is InChI=1S/C58H34O2/c1-2-16-35(17-3-1)38-20-8-9-23-43(38)54-44-28-14-26-41(50-32-36-18-4-6-21-39(36)55-46-24-10-12-30-52(46)59-57(50)55)48(44)34-49-42(27-15-29-45(49)54)51-33-37-19-5-7-22-40(37)56-47-25-11-13-31-53(47)60-58(51)56/h1-34H. The highest BCUT2D eigenvalue weighted by atomic mass is 16.3. The molecular formula is C58H34O2. The Hall–Kier alpha value is -7.94. The second kappa shape index (κ2) is 12.8. The van der Waals surface area contributed by atoms with Crippen molar-refractivity contribution in [3.8, 4) is 44.5 Å². The number of hydrogen-bond donors (Lipinski definition) is 0. The van der Waals surface area contributed by atoms with Crippen molar-refractivity contribution in [3.63, 3.8) is 0 Å². The molecule has 2 nitrogen and oxygen atoms in total. The summed E-state index contributed by atoms with van der Waals surface area (Å²) in [7, 11) is 0. The minimum atomic E-state index is 0.890. The summed E-state index contributed by atoms with van der Waals surface area (Å²) in [6.07, 6.45) is 0. The van der Waals surface area contributed by atoms with Crippen LogP contribution in [0.2, 0.25) is 0 Å². The van der Waals surface area contributed by atoms with Crippen molar-refractivity contribution >= 4 is 87.0 Å². The lowest BCUT2D eigenvalue weighted by molar-refractivity contribution is 0.670. The summed E-state index contributed by atoms with van der Waals surface area (Å²) < 4.78 is 13.7. The molecule has 11 aromatic carbocycles. The number of benzene rings is 11. The molecule has 0 aliphatic heterocycles. The molecule has 2 heteroatoms. The van der Waals surface area contributed by atoms with Crippen LogP contribution in [0.3, 0.4) is 0 Å². The quantitative estimate of drug-likeness (QED) is 0.167. The number of para-hydroxylation sites is 2. The molecule has 278 valence electrons. The Labute approximate surface area is 345 Å². The van der Waals surface area contributed by atoms with E-state index in [0.29, 0.717) is 0 Å². The molecule has 0 aliphatic carbocycles. The summed E-state index contributed by atoms with van der Waals surface area (Å²) in [4.78, 5) is 0. The van der Waals surface area contributed by atoms with Gasteiger partial charge in [0, 0.05) is 32.7 Å². The van der Waals surface area contributed by atoms with Crippen LogP contribution in [-0.2, 0) is 0 Å². The predicted molar refractivity (Wildman–Crippen MR) is 253 cm³/mol. The number of rotatable bonds is 4. The first-order valence-electron chi connectivity index (χ1n) is 20.6. The van der Waals surface area contributed by atoms with E-state index in [2.05, 4.69) is 206 Å². The van der Waals surface area contributed by atoms with E-state index in [1.807, 2.05) is 0 Å². The molecule has 0 bridgehead atoms. The zero-order valence-electron chi connectivity index (χ0n) is 32.4. The smallest absolute Gasteiger partial charge is 0.143 e. The molecule has 0 amide bonds. The summed E-state index contributed by atoms with van der Waals surface area (Å²) in [6.45, 7) is 0.